The number of sulfone groups is 1. The lowest BCUT2D eigenvalue weighted by atomic mass is 10.1. The first kappa shape index (κ1) is 11.0. The molecule has 1 fully saturated rings. The van der Waals surface area contributed by atoms with E-state index in [-0.39, 0.29) is 17.4 Å². The summed E-state index contributed by atoms with van der Waals surface area (Å²) < 4.78 is 22.9. The summed E-state index contributed by atoms with van der Waals surface area (Å²) in [6.07, 6.45) is 0.639. The van der Waals surface area contributed by atoms with Crippen LogP contribution in [0.15, 0.2) is 18.2 Å². The largest absolute Gasteiger partial charge is 0.342 e. The molecule has 17 heavy (non-hydrogen) atoms. The quantitative estimate of drug-likeness (QED) is 0.863. The Balaban J connectivity index is 2.05. The zero-order valence-electron chi connectivity index (χ0n) is 8.98. The number of nitrogens with zero attached hydrogens (tertiary/aromatic N) is 1. The van der Waals surface area contributed by atoms with Crippen LogP contribution in [0.3, 0.4) is 0 Å². The molecule has 0 saturated carbocycles. The summed E-state index contributed by atoms with van der Waals surface area (Å²) in [4.78, 5) is 7.56. The molecule has 90 valence electrons. The number of rotatable bonds is 1. The fraction of sp³-hybridized carbons (Fsp3) is 0.364. The van der Waals surface area contributed by atoms with E-state index in [1.165, 1.54) is 0 Å². The fourth-order valence-electron chi connectivity index (χ4n) is 2.22. The Labute approximate surface area is 104 Å². The molecule has 1 N–H and O–H groups in total. The van der Waals surface area contributed by atoms with Crippen LogP contribution in [0.2, 0.25) is 5.02 Å². The van der Waals surface area contributed by atoms with Crippen molar-refractivity contribution < 1.29 is 8.42 Å². The minimum Gasteiger partial charge on any atom is -0.342 e. The van der Waals surface area contributed by atoms with E-state index in [0.717, 1.165) is 11.3 Å². The predicted molar refractivity (Wildman–Crippen MR) is 67.1 cm³/mol. The maximum absolute atomic E-state index is 11.4. The topological polar surface area (TPSA) is 62.8 Å². The van der Waals surface area contributed by atoms with E-state index in [9.17, 15) is 8.42 Å². The summed E-state index contributed by atoms with van der Waals surface area (Å²) in [6.45, 7) is 0. The van der Waals surface area contributed by atoms with Crippen LogP contribution in [0.25, 0.3) is 11.0 Å². The fourth-order valence-corrected chi connectivity index (χ4v) is 4.18. The van der Waals surface area contributed by atoms with Crippen molar-refractivity contribution in [2.75, 3.05) is 11.5 Å². The molecule has 2 aromatic rings. The number of H-pyrrole nitrogens is 1. The second kappa shape index (κ2) is 3.71. The highest BCUT2D eigenvalue weighted by Crippen LogP contribution is 2.30. The molecular weight excluding hydrogens is 260 g/mol. The molecule has 1 atom stereocenters. The van der Waals surface area contributed by atoms with Gasteiger partial charge >= 0.3 is 0 Å². The molecule has 0 spiro atoms. The summed E-state index contributed by atoms with van der Waals surface area (Å²) in [7, 11) is -2.88. The molecule has 0 radical (unpaired) electrons. The summed E-state index contributed by atoms with van der Waals surface area (Å²) >= 11 is 6.03. The Bertz CT molecular complexity index is 678. The van der Waals surface area contributed by atoms with Crippen LogP contribution in [0.5, 0.6) is 0 Å². The number of nitrogens with one attached hydrogen (secondary N) is 1. The van der Waals surface area contributed by atoms with Crippen LogP contribution in [0, 0.1) is 0 Å². The molecular formula is C11H11ClN2O2S. The van der Waals surface area contributed by atoms with Crippen LogP contribution in [0.1, 0.15) is 18.2 Å². The maximum Gasteiger partial charge on any atom is 0.151 e. The SMILES string of the molecule is O=S1(=O)CCC(c2nc3c(Cl)cccc3[nH]2)C1. The average molecular weight is 271 g/mol. The number of aromatic amines is 1. The van der Waals surface area contributed by atoms with E-state index >= 15 is 0 Å². The van der Waals surface area contributed by atoms with E-state index in [1.807, 2.05) is 12.1 Å². The highest BCUT2D eigenvalue weighted by Gasteiger charge is 2.31. The van der Waals surface area contributed by atoms with Crippen LogP contribution in [0.4, 0.5) is 0 Å². The Hall–Kier alpha value is -1.07. The standard InChI is InChI=1S/C11H11ClN2O2S/c12-8-2-1-3-9-10(8)14-11(13-9)7-4-5-17(15,16)6-7/h1-3,7H,4-6H2,(H,13,14). The average Bonchev–Trinajstić information content (AvgIpc) is 2.82. The van der Waals surface area contributed by atoms with Crippen molar-refractivity contribution in [1.29, 1.82) is 0 Å². The van der Waals surface area contributed by atoms with Crippen molar-refractivity contribution in [2.24, 2.45) is 0 Å². The number of aromatic nitrogens is 2. The van der Waals surface area contributed by atoms with Gasteiger partial charge in [-0.1, -0.05) is 17.7 Å². The second-order valence-electron chi connectivity index (χ2n) is 4.36. The molecule has 1 aromatic heterocycles. The summed E-state index contributed by atoms with van der Waals surface area (Å²) in [6, 6.07) is 5.51. The Morgan fingerprint density at radius 2 is 2.24 bits per heavy atom. The van der Waals surface area contributed by atoms with Gasteiger partial charge < -0.3 is 4.98 Å². The molecule has 0 bridgehead atoms. The Morgan fingerprint density at radius 1 is 1.41 bits per heavy atom. The Morgan fingerprint density at radius 3 is 2.88 bits per heavy atom. The van der Waals surface area contributed by atoms with Gasteiger partial charge in [-0.25, -0.2) is 13.4 Å². The third kappa shape index (κ3) is 1.93. The van der Waals surface area contributed by atoms with Gasteiger partial charge in [0, 0.05) is 5.92 Å². The van der Waals surface area contributed by atoms with Gasteiger partial charge in [-0.15, -0.1) is 0 Å². The minimum atomic E-state index is -2.88. The van der Waals surface area contributed by atoms with Crippen molar-refractivity contribution >= 4 is 32.5 Å². The van der Waals surface area contributed by atoms with Crippen molar-refractivity contribution in [2.45, 2.75) is 12.3 Å². The molecule has 4 nitrogen and oxygen atoms in total. The number of imidazole rings is 1. The van der Waals surface area contributed by atoms with Gasteiger partial charge in [0.15, 0.2) is 9.84 Å². The van der Waals surface area contributed by atoms with Gasteiger partial charge in [0.1, 0.15) is 11.3 Å². The number of para-hydroxylation sites is 1. The third-order valence-electron chi connectivity index (χ3n) is 3.10. The lowest BCUT2D eigenvalue weighted by molar-refractivity contribution is 0.601. The predicted octanol–water partition coefficient (Wildman–Crippen LogP) is 2.12. The normalized spacial score (nSPS) is 23.2. The van der Waals surface area contributed by atoms with Crippen LogP contribution in [-0.2, 0) is 9.84 Å². The van der Waals surface area contributed by atoms with E-state index in [0.29, 0.717) is 17.0 Å². The molecule has 2 heterocycles. The molecule has 1 aliphatic heterocycles. The van der Waals surface area contributed by atoms with Gasteiger partial charge in [-0.2, -0.15) is 0 Å². The lowest BCUT2D eigenvalue weighted by Crippen LogP contribution is -2.04. The van der Waals surface area contributed by atoms with E-state index < -0.39 is 9.84 Å². The molecule has 3 rings (SSSR count). The highest BCUT2D eigenvalue weighted by atomic mass is 35.5. The summed E-state index contributed by atoms with van der Waals surface area (Å²) in [5.74, 6) is 1.14. The molecule has 1 unspecified atom stereocenters. The maximum atomic E-state index is 11.4. The van der Waals surface area contributed by atoms with Gasteiger partial charge in [0.2, 0.25) is 0 Å². The van der Waals surface area contributed by atoms with Crippen molar-refractivity contribution in [3.05, 3.63) is 29.0 Å². The molecule has 0 amide bonds. The first-order valence-corrected chi connectivity index (χ1v) is 7.60. The summed E-state index contributed by atoms with van der Waals surface area (Å²) in [5.41, 5.74) is 1.57. The van der Waals surface area contributed by atoms with Crippen molar-refractivity contribution in [3.8, 4) is 0 Å². The van der Waals surface area contributed by atoms with Crippen molar-refractivity contribution in [1.82, 2.24) is 9.97 Å². The monoisotopic (exact) mass is 270 g/mol. The number of hydrogen-bond donors (Lipinski definition) is 1. The van der Waals surface area contributed by atoms with Gasteiger partial charge in [0.05, 0.1) is 22.0 Å². The number of halogens is 1. The van der Waals surface area contributed by atoms with Gasteiger partial charge in [-0.3, -0.25) is 0 Å². The first-order chi connectivity index (χ1) is 8.05. The molecule has 1 aliphatic rings. The number of fused-ring (bicyclic) bond motifs is 1. The highest BCUT2D eigenvalue weighted by molar-refractivity contribution is 7.91. The molecule has 1 saturated heterocycles. The second-order valence-corrected chi connectivity index (χ2v) is 6.99. The van der Waals surface area contributed by atoms with Crippen LogP contribution >= 0.6 is 11.6 Å². The molecule has 1 aromatic carbocycles. The van der Waals surface area contributed by atoms with E-state index in [2.05, 4.69) is 9.97 Å². The van der Waals surface area contributed by atoms with Gasteiger partial charge in [0.25, 0.3) is 0 Å². The number of hydrogen-bond acceptors (Lipinski definition) is 3. The third-order valence-corrected chi connectivity index (χ3v) is 5.17. The number of benzene rings is 1. The summed E-state index contributed by atoms with van der Waals surface area (Å²) in [5, 5.41) is 0.589. The minimum absolute atomic E-state index is 0.0246. The van der Waals surface area contributed by atoms with Crippen LogP contribution < -0.4 is 0 Å². The van der Waals surface area contributed by atoms with Gasteiger partial charge in [-0.05, 0) is 18.6 Å². The molecule has 6 heteroatoms. The van der Waals surface area contributed by atoms with E-state index in [1.54, 1.807) is 6.07 Å². The van der Waals surface area contributed by atoms with E-state index in [4.69, 9.17) is 11.6 Å². The zero-order chi connectivity index (χ0) is 12.0. The zero-order valence-corrected chi connectivity index (χ0v) is 10.6. The van der Waals surface area contributed by atoms with Crippen molar-refractivity contribution in [3.63, 3.8) is 0 Å². The lowest BCUT2D eigenvalue weighted by Gasteiger charge is -2.01. The Kier molecular flexibility index (Phi) is 2.41. The van der Waals surface area contributed by atoms with Crippen LogP contribution in [-0.4, -0.2) is 29.9 Å². The first-order valence-electron chi connectivity index (χ1n) is 5.40. The smallest absolute Gasteiger partial charge is 0.151 e. The molecule has 0 aliphatic carbocycles.